The van der Waals surface area contributed by atoms with Gasteiger partial charge in [0.15, 0.2) is 15.5 Å². The number of benzene rings is 1. The highest BCUT2D eigenvalue weighted by molar-refractivity contribution is 7.90. The molecule has 202 valence electrons. The van der Waals surface area contributed by atoms with Crippen molar-refractivity contribution in [1.82, 2.24) is 24.7 Å². The number of likely N-dealkylation sites (tertiary alicyclic amines) is 1. The lowest BCUT2D eigenvalue weighted by Gasteiger charge is -2.45. The second kappa shape index (κ2) is 9.86. The van der Waals surface area contributed by atoms with Crippen molar-refractivity contribution in [3.63, 3.8) is 0 Å². The van der Waals surface area contributed by atoms with Crippen LogP contribution in [0.3, 0.4) is 0 Å². The highest BCUT2D eigenvalue weighted by Gasteiger charge is 2.34. The van der Waals surface area contributed by atoms with E-state index in [0.29, 0.717) is 34.7 Å². The zero-order valence-electron chi connectivity index (χ0n) is 22.1. The molecule has 2 N–H and O–H groups in total. The van der Waals surface area contributed by atoms with Gasteiger partial charge in [-0.2, -0.15) is 0 Å². The summed E-state index contributed by atoms with van der Waals surface area (Å²) in [6, 6.07) is 11.7. The van der Waals surface area contributed by atoms with Gasteiger partial charge >= 0.3 is 0 Å². The Morgan fingerprint density at radius 2 is 1.82 bits per heavy atom. The average Bonchev–Trinajstić information content (AvgIpc) is 3.28. The lowest BCUT2D eigenvalue weighted by atomic mass is 9.84. The molecule has 0 saturated carbocycles. The predicted octanol–water partition coefficient (Wildman–Crippen LogP) is 3.04. The van der Waals surface area contributed by atoms with Gasteiger partial charge in [0, 0.05) is 31.1 Å². The molecule has 12 heteroatoms. The maximum atomic E-state index is 13.1. The Hall–Kier alpha value is -4.16. The summed E-state index contributed by atoms with van der Waals surface area (Å²) < 4.78 is 25.3. The van der Waals surface area contributed by atoms with E-state index in [1.807, 2.05) is 0 Å². The van der Waals surface area contributed by atoms with Gasteiger partial charge in [-0.15, -0.1) is 5.10 Å². The van der Waals surface area contributed by atoms with Gasteiger partial charge in [-0.3, -0.25) is 19.5 Å². The minimum absolute atomic E-state index is 0.112. The molecule has 4 aromatic rings. The number of rotatable bonds is 7. The van der Waals surface area contributed by atoms with Gasteiger partial charge in [-0.25, -0.2) is 12.9 Å². The van der Waals surface area contributed by atoms with Gasteiger partial charge in [0.1, 0.15) is 0 Å². The summed E-state index contributed by atoms with van der Waals surface area (Å²) in [4.78, 5) is 32.2. The summed E-state index contributed by atoms with van der Waals surface area (Å²) in [7, 11) is -3.35. The topological polar surface area (TPSA) is 139 Å². The standard InChI is InChI=1S/C27H29N7O4S/c1-17-22(11-20(12-28-17)29-24(35)14-33-15-27(2,3)16-33)30-26(36)25-23-9-8-19(13-34(23)32-31-25)18-6-5-7-21(10-18)39(4,37)38/h5-13H,14-16H2,1-4H3,(H,29,35)(H,30,36). The monoisotopic (exact) mass is 547 g/mol. The lowest BCUT2D eigenvalue weighted by Crippen LogP contribution is -2.54. The van der Waals surface area contributed by atoms with Gasteiger partial charge in [-0.1, -0.05) is 37.3 Å². The summed E-state index contributed by atoms with van der Waals surface area (Å²) in [5, 5.41) is 13.8. The van der Waals surface area contributed by atoms with Crippen LogP contribution in [0.1, 0.15) is 30.0 Å². The van der Waals surface area contributed by atoms with Crippen molar-refractivity contribution < 1.29 is 18.0 Å². The first-order chi connectivity index (χ1) is 18.4. The van der Waals surface area contributed by atoms with E-state index in [-0.39, 0.29) is 21.9 Å². The van der Waals surface area contributed by atoms with Crippen molar-refractivity contribution in [3.05, 3.63) is 66.2 Å². The van der Waals surface area contributed by atoms with E-state index in [9.17, 15) is 18.0 Å². The Bertz CT molecular complexity index is 1700. The van der Waals surface area contributed by atoms with Crippen LogP contribution in [0.15, 0.2) is 59.8 Å². The number of sulfone groups is 1. The molecule has 4 heterocycles. The van der Waals surface area contributed by atoms with Crippen molar-refractivity contribution in [2.45, 2.75) is 25.7 Å². The number of aromatic nitrogens is 4. The van der Waals surface area contributed by atoms with Gasteiger partial charge in [0.25, 0.3) is 5.91 Å². The lowest BCUT2D eigenvalue weighted by molar-refractivity contribution is -0.120. The van der Waals surface area contributed by atoms with Crippen molar-refractivity contribution >= 4 is 38.5 Å². The number of carbonyl (C=O) groups excluding carboxylic acids is 2. The molecule has 0 spiro atoms. The molecule has 0 radical (unpaired) electrons. The van der Waals surface area contributed by atoms with Gasteiger partial charge < -0.3 is 10.6 Å². The molecule has 0 bridgehead atoms. The number of anilines is 2. The largest absolute Gasteiger partial charge is 0.324 e. The number of fused-ring (bicyclic) bond motifs is 1. The number of hydrogen-bond donors (Lipinski definition) is 2. The molecule has 5 rings (SSSR count). The predicted molar refractivity (Wildman–Crippen MR) is 147 cm³/mol. The number of pyridine rings is 2. The third-order valence-electron chi connectivity index (χ3n) is 6.51. The molecular weight excluding hydrogens is 518 g/mol. The molecular formula is C27H29N7O4S. The molecule has 0 atom stereocenters. The minimum atomic E-state index is -3.35. The van der Waals surface area contributed by atoms with Gasteiger partial charge in [0.05, 0.1) is 40.2 Å². The fraction of sp³-hybridized carbons (Fsp3) is 0.296. The molecule has 1 aromatic carbocycles. The Labute approximate surface area is 226 Å². The van der Waals surface area contributed by atoms with E-state index in [0.717, 1.165) is 24.9 Å². The van der Waals surface area contributed by atoms with Crippen LogP contribution in [0, 0.1) is 12.3 Å². The number of amides is 2. The Kier molecular flexibility index (Phi) is 6.69. The highest BCUT2D eigenvalue weighted by atomic mass is 32.2. The van der Waals surface area contributed by atoms with Crippen LogP contribution in [0.2, 0.25) is 0 Å². The van der Waals surface area contributed by atoms with Crippen molar-refractivity contribution in [2.24, 2.45) is 5.41 Å². The van der Waals surface area contributed by atoms with Gasteiger partial charge in [0.2, 0.25) is 5.91 Å². The molecule has 11 nitrogen and oxygen atoms in total. The van der Waals surface area contributed by atoms with Crippen LogP contribution in [-0.4, -0.2) is 70.8 Å². The maximum absolute atomic E-state index is 13.1. The first-order valence-corrected chi connectivity index (χ1v) is 14.2. The first kappa shape index (κ1) is 26.4. The van der Waals surface area contributed by atoms with Crippen LogP contribution in [0.5, 0.6) is 0 Å². The number of carbonyl (C=O) groups is 2. The van der Waals surface area contributed by atoms with E-state index in [2.05, 4.69) is 44.7 Å². The van der Waals surface area contributed by atoms with E-state index in [1.54, 1.807) is 61.8 Å². The van der Waals surface area contributed by atoms with E-state index in [1.165, 1.54) is 4.52 Å². The third kappa shape index (κ3) is 5.81. The minimum Gasteiger partial charge on any atom is -0.324 e. The number of hydrogen-bond acceptors (Lipinski definition) is 8. The summed E-state index contributed by atoms with van der Waals surface area (Å²) in [6.07, 6.45) is 4.39. The Morgan fingerprint density at radius 3 is 2.54 bits per heavy atom. The zero-order valence-corrected chi connectivity index (χ0v) is 22.9. The second-order valence-electron chi connectivity index (χ2n) is 10.7. The van der Waals surface area contributed by atoms with Crippen LogP contribution in [-0.2, 0) is 14.6 Å². The number of aryl methyl sites for hydroxylation is 1. The van der Waals surface area contributed by atoms with Crippen LogP contribution < -0.4 is 10.6 Å². The zero-order chi connectivity index (χ0) is 27.9. The molecule has 1 saturated heterocycles. The SMILES string of the molecule is Cc1ncc(NC(=O)CN2CC(C)(C)C2)cc1NC(=O)c1nnn2cc(-c3cccc(S(C)(=O)=O)c3)ccc12. The molecule has 0 unspecified atom stereocenters. The maximum Gasteiger partial charge on any atom is 0.278 e. The quantitative estimate of drug-likeness (QED) is 0.360. The van der Waals surface area contributed by atoms with Crippen LogP contribution >= 0.6 is 0 Å². The summed E-state index contributed by atoms with van der Waals surface area (Å²) in [6.45, 7) is 8.12. The number of nitrogens with zero attached hydrogens (tertiary/aromatic N) is 5. The summed E-state index contributed by atoms with van der Waals surface area (Å²) >= 11 is 0. The second-order valence-corrected chi connectivity index (χ2v) is 12.7. The molecule has 2 amide bonds. The summed E-state index contributed by atoms with van der Waals surface area (Å²) in [5.74, 6) is -0.622. The fourth-order valence-electron chi connectivity index (χ4n) is 4.72. The van der Waals surface area contributed by atoms with Gasteiger partial charge in [-0.05, 0) is 42.2 Å². The molecule has 1 aliphatic heterocycles. The Balaban J connectivity index is 1.31. The van der Waals surface area contributed by atoms with E-state index >= 15 is 0 Å². The third-order valence-corrected chi connectivity index (χ3v) is 7.62. The Morgan fingerprint density at radius 1 is 1.05 bits per heavy atom. The van der Waals surface area contributed by atoms with Crippen molar-refractivity contribution in [1.29, 1.82) is 0 Å². The summed E-state index contributed by atoms with van der Waals surface area (Å²) in [5.41, 5.74) is 3.74. The van der Waals surface area contributed by atoms with Crippen molar-refractivity contribution in [3.8, 4) is 11.1 Å². The smallest absolute Gasteiger partial charge is 0.278 e. The van der Waals surface area contributed by atoms with Crippen LogP contribution in [0.25, 0.3) is 16.6 Å². The first-order valence-electron chi connectivity index (χ1n) is 12.3. The highest BCUT2D eigenvalue weighted by Crippen LogP contribution is 2.28. The molecule has 0 aliphatic carbocycles. The molecule has 1 fully saturated rings. The fourth-order valence-corrected chi connectivity index (χ4v) is 5.39. The normalized spacial score (nSPS) is 15.1. The van der Waals surface area contributed by atoms with E-state index < -0.39 is 15.7 Å². The average molecular weight is 548 g/mol. The number of nitrogens with one attached hydrogen (secondary N) is 2. The molecule has 1 aliphatic rings. The molecule has 39 heavy (non-hydrogen) atoms. The van der Waals surface area contributed by atoms with E-state index in [4.69, 9.17) is 0 Å². The van der Waals surface area contributed by atoms with Crippen molar-refractivity contribution in [2.75, 3.05) is 36.5 Å². The molecule has 3 aromatic heterocycles. The van der Waals surface area contributed by atoms with Crippen LogP contribution in [0.4, 0.5) is 11.4 Å².